The molecule has 0 spiro atoms. The summed E-state index contributed by atoms with van der Waals surface area (Å²) in [6.07, 6.45) is 2.83. The molecule has 5 atom stereocenters. The molecule has 3 N–H and O–H groups in total. The normalized spacial score (nSPS) is 51.6. The number of hydrogen-bond acceptors (Lipinski definition) is 3. The zero-order valence-corrected chi connectivity index (χ0v) is 8.27. The van der Waals surface area contributed by atoms with Gasteiger partial charge in [-0.1, -0.05) is 26.0 Å². The summed E-state index contributed by atoms with van der Waals surface area (Å²) in [4.78, 5) is 11.5. The third-order valence-electron chi connectivity index (χ3n) is 3.46. The Balaban J connectivity index is 2.46. The highest BCUT2D eigenvalue weighted by Crippen LogP contribution is 2.42. The third kappa shape index (κ3) is 0.980. The molecule has 1 fully saturated rings. The second kappa shape index (κ2) is 2.81. The van der Waals surface area contributed by atoms with E-state index in [1.165, 1.54) is 0 Å². The van der Waals surface area contributed by atoms with Crippen LogP contribution in [-0.4, -0.2) is 27.9 Å². The van der Waals surface area contributed by atoms with Crippen molar-refractivity contribution in [2.75, 3.05) is 0 Å². The third-order valence-corrected chi connectivity index (χ3v) is 3.46. The first-order valence-electron chi connectivity index (χ1n) is 4.87. The van der Waals surface area contributed by atoms with Crippen LogP contribution in [0.3, 0.4) is 0 Å². The van der Waals surface area contributed by atoms with Gasteiger partial charge in [-0.2, -0.15) is 0 Å². The van der Waals surface area contributed by atoms with Gasteiger partial charge in [-0.3, -0.25) is 4.79 Å². The van der Waals surface area contributed by atoms with Crippen molar-refractivity contribution in [3.05, 3.63) is 12.2 Å². The molecule has 14 heavy (non-hydrogen) atoms. The Kier molecular flexibility index (Phi) is 1.94. The summed E-state index contributed by atoms with van der Waals surface area (Å²) in [5.41, 5.74) is -1.44. The minimum absolute atomic E-state index is 0.00477. The smallest absolute Gasteiger partial charge is 0.255 e. The SMILES string of the molecule is C[C@@H]1C=C[C@H](C)C2(O)C(=O)NC(O)C12. The maximum Gasteiger partial charge on any atom is 0.255 e. The molecule has 0 aromatic carbocycles. The molecule has 0 saturated carbocycles. The Morgan fingerprint density at radius 1 is 1.43 bits per heavy atom. The van der Waals surface area contributed by atoms with Gasteiger partial charge in [0.25, 0.3) is 5.91 Å². The first-order chi connectivity index (χ1) is 6.48. The average molecular weight is 197 g/mol. The van der Waals surface area contributed by atoms with E-state index >= 15 is 0 Å². The topological polar surface area (TPSA) is 69.6 Å². The number of nitrogens with one attached hydrogen (secondary N) is 1. The van der Waals surface area contributed by atoms with E-state index in [4.69, 9.17) is 0 Å². The van der Waals surface area contributed by atoms with Crippen LogP contribution in [0.1, 0.15) is 13.8 Å². The fourth-order valence-corrected chi connectivity index (χ4v) is 2.54. The number of fused-ring (bicyclic) bond motifs is 1. The van der Waals surface area contributed by atoms with E-state index in [2.05, 4.69) is 5.32 Å². The van der Waals surface area contributed by atoms with Crippen molar-refractivity contribution < 1.29 is 15.0 Å². The Hall–Kier alpha value is -0.870. The number of hydrogen-bond donors (Lipinski definition) is 3. The number of aliphatic hydroxyl groups is 2. The molecule has 0 radical (unpaired) electrons. The summed E-state index contributed by atoms with van der Waals surface area (Å²) >= 11 is 0. The van der Waals surface area contributed by atoms with Gasteiger partial charge in [-0.15, -0.1) is 0 Å². The van der Waals surface area contributed by atoms with Crippen LogP contribution in [0.5, 0.6) is 0 Å². The predicted octanol–water partition coefficient (Wildman–Crippen LogP) is -0.376. The van der Waals surface area contributed by atoms with E-state index in [0.29, 0.717) is 0 Å². The molecule has 1 saturated heterocycles. The first kappa shape index (κ1) is 9.68. The van der Waals surface area contributed by atoms with Crippen LogP contribution in [0.2, 0.25) is 0 Å². The minimum atomic E-state index is -1.44. The van der Waals surface area contributed by atoms with Crippen molar-refractivity contribution in [3.8, 4) is 0 Å². The first-order valence-corrected chi connectivity index (χ1v) is 4.87. The molecule has 0 aromatic rings. The second-order valence-electron chi connectivity index (χ2n) is 4.30. The fourth-order valence-electron chi connectivity index (χ4n) is 2.54. The van der Waals surface area contributed by atoms with Crippen molar-refractivity contribution in [3.63, 3.8) is 0 Å². The Morgan fingerprint density at radius 3 is 2.64 bits per heavy atom. The second-order valence-corrected chi connectivity index (χ2v) is 4.30. The summed E-state index contributed by atoms with van der Waals surface area (Å²) in [7, 11) is 0. The Labute approximate surface area is 82.6 Å². The van der Waals surface area contributed by atoms with Crippen molar-refractivity contribution in [2.24, 2.45) is 17.8 Å². The fraction of sp³-hybridized carbons (Fsp3) is 0.700. The van der Waals surface area contributed by atoms with E-state index in [1.807, 2.05) is 19.1 Å². The number of allylic oxidation sites excluding steroid dienone is 1. The van der Waals surface area contributed by atoms with Crippen LogP contribution >= 0.6 is 0 Å². The summed E-state index contributed by atoms with van der Waals surface area (Å²) in [5.74, 6) is -1.14. The van der Waals surface area contributed by atoms with Crippen molar-refractivity contribution in [1.82, 2.24) is 5.32 Å². The number of carbonyl (C=O) groups excluding carboxylic acids is 1. The highest BCUT2D eigenvalue weighted by atomic mass is 16.3. The van der Waals surface area contributed by atoms with Gasteiger partial charge in [0.05, 0.1) is 0 Å². The molecule has 3 unspecified atom stereocenters. The van der Waals surface area contributed by atoms with Gasteiger partial charge >= 0.3 is 0 Å². The maximum absolute atomic E-state index is 11.5. The largest absolute Gasteiger partial charge is 0.379 e. The lowest BCUT2D eigenvalue weighted by molar-refractivity contribution is -0.145. The lowest BCUT2D eigenvalue weighted by Gasteiger charge is -2.38. The van der Waals surface area contributed by atoms with Gasteiger partial charge in [0.1, 0.15) is 6.23 Å². The molecular weight excluding hydrogens is 182 g/mol. The van der Waals surface area contributed by atoms with Crippen molar-refractivity contribution in [1.29, 1.82) is 0 Å². The Morgan fingerprint density at radius 2 is 2.07 bits per heavy atom. The quantitative estimate of drug-likeness (QED) is 0.464. The zero-order chi connectivity index (χ0) is 10.5. The monoisotopic (exact) mass is 197 g/mol. The van der Waals surface area contributed by atoms with Crippen LogP contribution < -0.4 is 5.32 Å². The van der Waals surface area contributed by atoms with E-state index in [0.717, 1.165) is 0 Å². The molecule has 2 aliphatic rings. The molecular formula is C10H15NO3. The van der Waals surface area contributed by atoms with E-state index < -0.39 is 23.7 Å². The summed E-state index contributed by atoms with van der Waals surface area (Å²) in [6, 6.07) is 0. The van der Waals surface area contributed by atoms with Crippen LogP contribution in [0.4, 0.5) is 0 Å². The summed E-state index contributed by atoms with van der Waals surface area (Å²) in [5, 5.41) is 22.3. The van der Waals surface area contributed by atoms with Gasteiger partial charge in [-0.25, -0.2) is 0 Å². The standard InChI is InChI=1S/C10H15NO3/c1-5-3-4-6(2)10(14)7(5)8(12)11-9(10)13/h3-8,12,14H,1-2H3,(H,11,13)/t5-,6+,7?,8?,10?/m1/s1. The molecule has 1 aliphatic heterocycles. The average Bonchev–Trinajstić information content (AvgIpc) is 2.34. The Bertz CT molecular complexity index is 302. The van der Waals surface area contributed by atoms with Gasteiger partial charge < -0.3 is 15.5 Å². The molecule has 0 bridgehead atoms. The summed E-state index contributed by atoms with van der Waals surface area (Å²) < 4.78 is 0. The molecule has 2 rings (SSSR count). The highest BCUT2D eigenvalue weighted by molar-refractivity contribution is 5.89. The lowest BCUT2D eigenvalue weighted by Crippen LogP contribution is -2.51. The molecule has 4 nitrogen and oxygen atoms in total. The number of aliphatic hydroxyl groups excluding tert-OH is 1. The van der Waals surface area contributed by atoms with Crippen LogP contribution in [0.15, 0.2) is 12.2 Å². The molecule has 1 heterocycles. The van der Waals surface area contributed by atoms with E-state index in [-0.39, 0.29) is 11.8 Å². The number of rotatable bonds is 0. The maximum atomic E-state index is 11.5. The minimum Gasteiger partial charge on any atom is -0.379 e. The van der Waals surface area contributed by atoms with Crippen molar-refractivity contribution in [2.45, 2.75) is 25.7 Å². The van der Waals surface area contributed by atoms with Gasteiger partial charge in [0.2, 0.25) is 0 Å². The highest BCUT2D eigenvalue weighted by Gasteiger charge is 2.59. The molecule has 1 amide bonds. The van der Waals surface area contributed by atoms with Crippen LogP contribution in [-0.2, 0) is 4.79 Å². The predicted molar refractivity (Wildman–Crippen MR) is 50.1 cm³/mol. The number of amides is 1. The number of carbonyl (C=O) groups is 1. The van der Waals surface area contributed by atoms with Gasteiger partial charge in [0, 0.05) is 11.8 Å². The molecule has 78 valence electrons. The van der Waals surface area contributed by atoms with Crippen molar-refractivity contribution >= 4 is 5.91 Å². The zero-order valence-electron chi connectivity index (χ0n) is 8.27. The lowest BCUT2D eigenvalue weighted by atomic mass is 9.69. The molecule has 4 heteroatoms. The molecule has 0 aromatic heterocycles. The van der Waals surface area contributed by atoms with Crippen LogP contribution in [0.25, 0.3) is 0 Å². The summed E-state index contributed by atoms with van der Waals surface area (Å²) in [6.45, 7) is 3.68. The van der Waals surface area contributed by atoms with E-state index in [9.17, 15) is 15.0 Å². The van der Waals surface area contributed by atoms with E-state index in [1.54, 1.807) is 6.92 Å². The molecule has 1 aliphatic carbocycles. The van der Waals surface area contributed by atoms with Gasteiger partial charge in [0.15, 0.2) is 5.60 Å². The van der Waals surface area contributed by atoms with Crippen LogP contribution in [0, 0.1) is 17.8 Å². The van der Waals surface area contributed by atoms with Gasteiger partial charge in [-0.05, 0) is 5.92 Å².